The topological polar surface area (TPSA) is 12.4 Å². The second-order valence-corrected chi connectivity index (χ2v) is 3.56. The van der Waals surface area contributed by atoms with E-state index in [-0.39, 0.29) is 5.82 Å². The van der Waals surface area contributed by atoms with E-state index in [4.69, 9.17) is 0 Å². The van der Waals surface area contributed by atoms with Crippen LogP contribution < -0.4 is 0 Å². The standard InChI is InChI=1S/C13H18FN/c1-3-5-9-15-10-12-11(4-2)7-6-8-13(12)14/h6-8,10H,3-5,9H2,1-2H3. The maximum Gasteiger partial charge on any atom is 0.132 e. The van der Waals surface area contributed by atoms with Gasteiger partial charge in [-0.15, -0.1) is 0 Å². The van der Waals surface area contributed by atoms with Gasteiger partial charge < -0.3 is 0 Å². The zero-order valence-corrected chi connectivity index (χ0v) is 9.46. The SMILES string of the molecule is CCCCN=Cc1c(F)cccc1CC. The van der Waals surface area contributed by atoms with E-state index in [1.54, 1.807) is 12.3 Å². The van der Waals surface area contributed by atoms with Crippen LogP contribution in [0, 0.1) is 5.82 Å². The fourth-order valence-electron chi connectivity index (χ4n) is 1.44. The summed E-state index contributed by atoms with van der Waals surface area (Å²) in [6, 6.07) is 5.18. The van der Waals surface area contributed by atoms with Gasteiger partial charge >= 0.3 is 0 Å². The highest BCUT2D eigenvalue weighted by Gasteiger charge is 2.03. The Morgan fingerprint density at radius 2 is 2.13 bits per heavy atom. The summed E-state index contributed by atoms with van der Waals surface area (Å²) < 4.78 is 13.5. The lowest BCUT2D eigenvalue weighted by Gasteiger charge is -2.03. The quantitative estimate of drug-likeness (QED) is 0.516. The van der Waals surface area contributed by atoms with Crippen LogP contribution in [0.15, 0.2) is 23.2 Å². The van der Waals surface area contributed by atoms with Gasteiger partial charge in [0.1, 0.15) is 5.82 Å². The third-order valence-corrected chi connectivity index (χ3v) is 2.39. The maximum atomic E-state index is 13.5. The Bertz CT molecular complexity index is 331. The lowest BCUT2D eigenvalue weighted by molar-refractivity contribution is 0.623. The molecule has 0 aromatic heterocycles. The molecule has 0 aliphatic heterocycles. The minimum atomic E-state index is -0.172. The molecule has 15 heavy (non-hydrogen) atoms. The van der Waals surface area contributed by atoms with Crippen molar-refractivity contribution in [3.8, 4) is 0 Å². The molecule has 0 radical (unpaired) electrons. The Kier molecular flexibility index (Phi) is 5.02. The third-order valence-electron chi connectivity index (χ3n) is 2.39. The molecule has 0 fully saturated rings. The molecule has 1 aromatic rings. The number of hydrogen-bond donors (Lipinski definition) is 0. The fraction of sp³-hybridized carbons (Fsp3) is 0.462. The summed E-state index contributed by atoms with van der Waals surface area (Å²) in [7, 11) is 0. The molecular formula is C13H18FN. The van der Waals surface area contributed by atoms with Crippen LogP contribution in [0.25, 0.3) is 0 Å². The fourth-order valence-corrected chi connectivity index (χ4v) is 1.44. The van der Waals surface area contributed by atoms with Crippen LogP contribution in [-0.2, 0) is 6.42 Å². The molecular weight excluding hydrogens is 189 g/mol. The van der Waals surface area contributed by atoms with Crippen LogP contribution in [-0.4, -0.2) is 12.8 Å². The number of aliphatic imine (C=N–C) groups is 1. The van der Waals surface area contributed by atoms with Crippen molar-refractivity contribution < 1.29 is 4.39 Å². The van der Waals surface area contributed by atoms with E-state index in [2.05, 4.69) is 11.9 Å². The van der Waals surface area contributed by atoms with E-state index in [1.165, 1.54) is 6.07 Å². The Morgan fingerprint density at radius 3 is 2.80 bits per heavy atom. The van der Waals surface area contributed by atoms with Crippen LogP contribution in [0.4, 0.5) is 4.39 Å². The smallest absolute Gasteiger partial charge is 0.132 e. The first kappa shape index (κ1) is 11.9. The number of rotatable bonds is 5. The van der Waals surface area contributed by atoms with E-state index >= 15 is 0 Å². The minimum Gasteiger partial charge on any atom is -0.292 e. The van der Waals surface area contributed by atoms with Crippen molar-refractivity contribution in [3.63, 3.8) is 0 Å². The maximum absolute atomic E-state index is 13.5. The predicted octanol–water partition coefficient (Wildman–Crippen LogP) is 3.61. The molecule has 1 rings (SSSR count). The number of aryl methyl sites for hydroxylation is 1. The normalized spacial score (nSPS) is 11.1. The number of hydrogen-bond acceptors (Lipinski definition) is 1. The molecule has 1 aromatic carbocycles. The Hall–Kier alpha value is -1.18. The van der Waals surface area contributed by atoms with Crippen LogP contribution >= 0.6 is 0 Å². The lowest BCUT2D eigenvalue weighted by Crippen LogP contribution is -1.96. The average Bonchev–Trinajstić information content (AvgIpc) is 2.26. The molecule has 0 heterocycles. The van der Waals surface area contributed by atoms with Crippen molar-refractivity contribution in [1.29, 1.82) is 0 Å². The van der Waals surface area contributed by atoms with Crippen LogP contribution in [0.3, 0.4) is 0 Å². The van der Waals surface area contributed by atoms with Gasteiger partial charge in [-0.1, -0.05) is 32.4 Å². The number of nitrogens with zero attached hydrogens (tertiary/aromatic N) is 1. The molecule has 0 bridgehead atoms. The minimum absolute atomic E-state index is 0.172. The van der Waals surface area contributed by atoms with Crippen LogP contribution in [0.2, 0.25) is 0 Å². The first-order valence-electron chi connectivity index (χ1n) is 5.56. The van der Waals surface area contributed by atoms with Crippen molar-refractivity contribution in [2.75, 3.05) is 6.54 Å². The summed E-state index contributed by atoms with van der Waals surface area (Å²) in [5.41, 5.74) is 1.67. The monoisotopic (exact) mass is 207 g/mol. The Balaban J connectivity index is 2.78. The predicted molar refractivity (Wildman–Crippen MR) is 63.1 cm³/mol. The highest BCUT2D eigenvalue weighted by molar-refractivity contribution is 5.82. The van der Waals surface area contributed by atoms with Gasteiger partial charge in [-0.05, 0) is 24.5 Å². The molecule has 82 valence electrons. The van der Waals surface area contributed by atoms with Crippen molar-refractivity contribution in [2.45, 2.75) is 33.1 Å². The summed E-state index contributed by atoms with van der Waals surface area (Å²) in [4.78, 5) is 4.24. The van der Waals surface area contributed by atoms with E-state index in [0.717, 1.165) is 31.4 Å². The molecule has 0 saturated heterocycles. The van der Waals surface area contributed by atoms with Gasteiger partial charge in [0.15, 0.2) is 0 Å². The van der Waals surface area contributed by atoms with Crippen molar-refractivity contribution in [2.24, 2.45) is 4.99 Å². The third kappa shape index (κ3) is 3.46. The Morgan fingerprint density at radius 1 is 1.33 bits per heavy atom. The summed E-state index contributed by atoms with van der Waals surface area (Å²) in [6.07, 6.45) is 4.69. The van der Waals surface area contributed by atoms with Crippen LogP contribution in [0.5, 0.6) is 0 Å². The molecule has 0 amide bonds. The molecule has 0 N–H and O–H groups in total. The molecule has 0 aliphatic carbocycles. The van der Waals surface area contributed by atoms with Gasteiger partial charge in [0.05, 0.1) is 0 Å². The molecule has 0 saturated carbocycles. The molecule has 2 heteroatoms. The van der Waals surface area contributed by atoms with Crippen LogP contribution in [0.1, 0.15) is 37.8 Å². The first-order chi connectivity index (χ1) is 7.29. The molecule has 0 aliphatic rings. The van der Waals surface area contributed by atoms with E-state index in [1.807, 2.05) is 13.0 Å². The zero-order valence-electron chi connectivity index (χ0n) is 9.46. The highest BCUT2D eigenvalue weighted by Crippen LogP contribution is 2.11. The van der Waals surface area contributed by atoms with Crippen molar-refractivity contribution >= 4 is 6.21 Å². The lowest BCUT2D eigenvalue weighted by atomic mass is 10.1. The van der Waals surface area contributed by atoms with E-state index in [0.29, 0.717) is 5.56 Å². The first-order valence-corrected chi connectivity index (χ1v) is 5.56. The Labute approximate surface area is 91.0 Å². The molecule has 0 unspecified atom stereocenters. The summed E-state index contributed by atoms with van der Waals surface area (Å²) >= 11 is 0. The summed E-state index contributed by atoms with van der Waals surface area (Å²) in [6.45, 7) is 4.93. The summed E-state index contributed by atoms with van der Waals surface area (Å²) in [5, 5.41) is 0. The molecule has 0 atom stereocenters. The second-order valence-electron chi connectivity index (χ2n) is 3.56. The van der Waals surface area contributed by atoms with Gasteiger partial charge in [0, 0.05) is 18.3 Å². The van der Waals surface area contributed by atoms with Crippen molar-refractivity contribution in [3.05, 3.63) is 35.1 Å². The van der Waals surface area contributed by atoms with Gasteiger partial charge in [-0.3, -0.25) is 4.99 Å². The number of halogens is 1. The van der Waals surface area contributed by atoms with E-state index < -0.39 is 0 Å². The highest BCUT2D eigenvalue weighted by atomic mass is 19.1. The zero-order chi connectivity index (χ0) is 11.1. The summed E-state index contributed by atoms with van der Waals surface area (Å²) in [5.74, 6) is -0.172. The number of unbranched alkanes of at least 4 members (excludes halogenated alkanes) is 1. The average molecular weight is 207 g/mol. The van der Waals surface area contributed by atoms with E-state index in [9.17, 15) is 4.39 Å². The van der Waals surface area contributed by atoms with Crippen molar-refractivity contribution in [1.82, 2.24) is 0 Å². The largest absolute Gasteiger partial charge is 0.292 e. The van der Waals surface area contributed by atoms with Gasteiger partial charge in [0.25, 0.3) is 0 Å². The van der Waals surface area contributed by atoms with Gasteiger partial charge in [0.2, 0.25) is 0 Å². The van der Waals surface area contributed by atoms with Gasteiger partial charge in [-0.2, -0.15) is 0 Å². The van der Waals surface area contributed by atoms with Gasteiger partial charge in [-0.25, -0.2) is 4.39 Å². The second kappa shape index (κ2) is 6.33. The molecule has 0 spiro atoms. The number of benzene rings is 1. The molecule has 1 nitrogen and oxygen atoms in total.